The number of halogens is 1. The number of amides is 1. The number of nitrogens with one attached hydrogen (secondary N) is 1. The van der Waals surface area contributed by atoms with E-state index in [1.54, 1.807) is 18.5 Å². The maximum Gasteiger partial charge on any atom is 0.255 e. The van der Waals surface area contributed by atoms with E-state index in [1.165, 1.54) is 0 Å². The van der Waals surface area contributed by atoms with Gasteiger partial charge in [0.1, 0.15) is 0 Å². The van der Waals surface area contributed by atoms with Crippen LogP contribution in [-0.4, -0.2) is 66.0 Å². The number of piperazine rings is 1. The minimum Gasteiger partial charge on any atom is -0.337 e. The second-order valence-electron chi connectivity index (χ2n) is 5.34. The van der Waals surface area contributed by atoms with Crippen LogP contribution in [0.15, 0.2) is 22.9 Å². The van der Waals surface area contributed by atoms with E-state index in [1.807, 2.05) is 4.90 Å². The number of carbonyl (C=O) groups excluding carboxylic acids is 1. The SMILES string of the molecule is O=C(c1ccncc1Br)N1CCC(N2CCNCC2)C1. The Bertz CT molecular complexity index is 490. The highest BCUT2D eigenvalue weighted by Gasteiger charge is 2.31. The van der Waals surface area contributed by atoms with Crippen molar-refractivity contribution in [2.45, 2.75) is 12.5 Å². The molecule has 1 unspecified atom stereocenters. The second kappa shape index (κ2) is 6.20. The first-order valence-corrected chi connectivity index (χ1v) is 7.88. The molecular formula is C14H19BrN4O. The summed E-state index contributed by atoms with van der Waals surface area (Å²) in [4.78, 5) is 21.0. The molecule has 0 spiro atoms. The molecule has 0 aliphatic carbocycles. The summed E-state index contributed by atoms with van der Waals surface area (Å²) in [5.41, 5.74) is 0.709. The van der Waals surface area contributed by atoms with Gasteiger partial charge in [-0.3, -0.25) is 14.7 Å². The predicted octanol–water partition coefficient (Wildman–Crippen LogP) is 0.964. The Kier molecular flexibility index (Phi) is 4.33. The molecule has 1 aromatic heterocycles. The molecular weight excluding hydrogens is 320 g/mol. The van der Waals surface area contributed by atoms with Crippen molar-refractivity contribution in [1.29, 1.82) is 0 Å². The molecule has 2 aliphatic rings. The number of likely N-dealkylation sites (tertiary alicyclic amines) is 1. The number of aromatic nitrogens is 1. The highest BCUT2D eigenvalue weighted by Crippen LogP contribution is 2.22. The lowest BCUT2D eigenvalue weighted by atomic mass is 10.2. The quantitative estimate of drug-likeness (QED) is 0.872. The molecule has 3 heterocycles. The fraction of sp³-hybridized carbons (Fsp3) is 0.571. The van der Waals surface area contributed by atoms with Crippen LogP contribution in [0.2, 0.25) is 0 Å². The van der Waals surface area contributed by atoms with Crippen molar-refractivity contribution in [3.63, 3.8) is 0 Å². The third-order valence-electron chi connectivity index (χ3n) is 4.12. The van der Waals surface area contributed by atoms with Crippen LogP contribution in [0.1, 0.15) is 16.8 Å². The summed E-state index contributed by atoms with van der Waals surface area (Å²) in [6, 6.07) is 2.30. The van der Waals surface area contributed by atoms with Gasteiger partial charge in [-0.2, -0.15) is 0 Å². The summed E-state index contributed by atoms with van der Waals surface area (Å²) in [5.74, 6) is 0.108. The average molecular weight is 339 g/mol. The van der Waals surface area contributed by atoms with Gasteiger partial charge in [0.05, 0.1) is 5.56 Å². The highest BCUT2D eigenvalue weighted by atomic mass is 79.9. The van der Waals surface area contributed by atoms with E-state index >= 15 is 0 Å². The first-order valence-electron chi connectivity index (χ1n) is 7.09. The number of carbonyl (C=O) groups is 1. The molecule has 20 heavy (non-hydrogen) atoms. The van der Waals surface area contributed by atoms with Gasteiger partial charge in [0.15, 0.2) is 0 Å². The average Bonchev–Trinajstić information content (AvgIpc) is 2.98. The standard InChI is InChI=1S/C14H19BrN4O/c15-13-9-17-3-1-12(13)14(20)19-6-2-11(10-19)18-7-4-16-5-8-18/h1,3,9,11,16H,2,4-8,10H2. The first-order chi connectivity index (χ1) is 9.75. The summed E-state index contributed by atoms with van der Waals surface area (Å²) < 4.78 is 0.774. The molecule has 0 radical (unpaired) electrons. The van der Waals surface area contributed by atoms with Crippen molar-refractivity contribution in [3.05, 3.63) is 28.5 Å². The Morgan fingerprint density at radius 1 is 1.35 bits per heavy atom. The van der Waals surface area contributed by atoms with Gasteiger partial charge in [0.2, 0.25) is 0 Å². The van der Waals surface area contributed by atoms with E-state index in [4.69, 9.17) is 0 Å². The number of pyridine rings is 1. The van der Waals surface area contributed by atoms with Crippen molar-refractivity contribution in [2.75, 3.05) is 39.3 Å². The van der Waals surface area contributed by atoms with Crippen molar-refractivity contribution in [3.8, 4) is 0 Å². The van der Waals surface area contributed by atoms with E-state index in [9.17, 15) is 4.79 Å². The van der Waals surface area contributed by atoms with E-state index < -0.39 is 0 Å². The molecule has 1 atom stereocenters. The van der Waals surface area contributed by atoms with Crippen LogP contribution in [0, 0.1) is 0 Å². The van der Waals surface area contributed by atoms with Crippen molar-refractivity contribution < 1.29 is 4.79 Å². The number of nitrogens with zero attached hydrogens (tertiary/aromatic N) is 3. The monoisotopic (exact) mass is 338 g/mol. The van der Waals surface area contributed by atoms with Gasteiger partial charge in [0, 0.05) is 62.2 Å². The molecule has 2 saturated heterocycles. The van der Waals surface area contributed by atoms with E-state index in [0.29, 0.717) is 11.6 Å². The fourth-order valence-electron chi connectivity index (χ4n) is 2.99. The van der Waals surface area contributed by atoms with Crippen LogP contribution in [0.25, 0.3) is 0 Å². The zero-order valence-corrected chi connectivity index (χ0v) is 13.0. The van der Waals surface area contributed by atoms with Crippen LogP contribution in [-0.2, 0) is 0 Å². The second-order valence-corrected chi connectivity index (χ2v) is 6.19. The molecule has 108 valence electrons. The van der Waals surface area contributed by atoms with Crippen molar-refractivity contribution >= 4 is 21.8 Å². The van der Waals surface area contributed by atoms with E-state index in [2.05, 4.69) is 31.1 Å². The third-order valence-corrected chi connectivity index (χ3v) is 4.75. The Morgan fingerprint density at radius 3 is 2.90 bits per heavy atom. The van der Waals surface area contributed by atoms with Crippen molar-refractivity contribution in [1.82, 2.24) is 20.1 Å². The highest BCUT2D eigenvalue weighted by molar-refractivity contribution is 9.10. The van der Waals surface area contributed by atoms with E-state index in [0.717, 1.165) is 50.2 Å². The maximum atomic E-state index is 12.5. The molecule has 2 aliphatic heterocycles. The lowest BCUT2D eigenvalue weighted by Gasteiger charge is -2.32. The molecule has 1 aromatic rings. The van der Waals surface area contributed by atoms with Crippen molar-refractivity contribution in [2.24, 2.45) is 0 Å². The first kappa shape index (κ1) is 14.0. The zero-order chi connectivity index (χ0) is 13.9. The smallest absolute Gasteiger partial charge is 0.255 e. The maximum absolute atomic E-state index is 12.5. The van der Waals surface area contributed by atoms with Gasteiger partial charge in [0.25, 0.3) is 5.91 Å². The lowest BCUT2D eigenvalue weighted by molar-refractivity contribution is 0.0772. The zero-order valence-electron chi connectivity index (χ0n) is 11.4. The minimum absolute atomic E-state index is 0.108. The minimum atomic E-state index is 0.108. The normalized spacial score (nSPS) is 24.1. The Labute approximate surface area is 127 Å². The van der Waals surface area contributed by atoms with Gasteiger partial charge in [-0.05, 0) is 28.4 Å². The molecule has 2 fully saturated rings. The van der Waals surface area contributed by atoms with Gasteiger partial charge >= 0.3 is 0 Å². The number of hydrogen-bond donors (Lipinski definition) is 1. The van der Waals surface area contributed by atoms with Crippen LogP contribution in [0.5, 0.6) is 0 Å². The van der Waals surface area contributed by atoms with Gasteiger partial charge in [-0.1, -0.05) is 0 Å². The molecule has 0 bridgehead atoms. The number of hydrogen-bond acceptors (Lipinski definition) is 4. The van der Waals surface area contributed by atoms with Crippen LogP contribution in [0.4, 0.5) is 0 Å². The summed E-state index contributed by atoms with van der Waals surface area (Å²) in [6.45, 7) is 5.98. The number of rotatable bonds is 2. The summed E-state index contributed by atoms with van der Waals surface area (Å²) >= 11 is 3.41. The topological polar surface area (TPSA) is 48.5 Å². The molecule has 1 N–H and O–H groups in total. The largest absolute Gasteiger partial charge is 0.337 e. The lowest BCUT2D eigenvalue weighted by Crippen LogP contribution is -2.49. The summed E-state index contributed by atoms with van der Waals surface area (Å²) in [7, 11) is 0. The molecule has 1 amide bonds. The van der Waals surface area contributed by atoms with Crippen LogP contribution in [0.3, 0.4) is 0 Å². The molecule has 6 heteroatoms. The van der Waals surface area contributed by atoms with Crippen LogP contribution >= 0.6 is 15.9 Å². The van der Waals surface area contributed by atoms with Gasteiger partial charge in [-0.25, -0.2) is 0 Å². The van der Waals surface area contributed by atoms with E-state index in [-0.39, 0.29) is 5.91 Å². The van der Waals surface area contributed by atoms with Crippen LogP contribution < -0.4 is 5.32 Å². The van der Waals surface area contributed by atoms with Gasteiger partial charge in [-0.15, -0.1) is 0 Å². The molecule has 3 rings (SSSR count). The Balaban J connectivity index is 1.65. The Morgan fingerprint density at radius 2 is 2.15 bits per heavy atom. The Hall–Kier alpha value is -0.980. The third kappa shape index (κ3) is 2.87. The van der Waals surface area contributed by atoms with Gasteiger partial charge < -0.3 is 10.2 Å². The summed E-state index contributed by atoms with van der Waals surface area (Å²) in [5, 5.41) is 3.37. The summed E-state index contributed by atoms with van der Waals surface area (Å²) in [6.07, 6.45) is 4.42. The molecule has 0 aromatic carbocycles. The predicted molar refractivity (Wildman–Crippen MR) is 80.7 cm³/mol. The fourth-order valence-corrected chi connectivity index (χ4v) is 3.41. The molecule has 5 nitrogen and oxygen atoms in total. The molecule has 0 saturated carbocycles.